The Balaban J connectivity index is 2.12. The van der Waals surface area contributed by atoms with Gasteiger partial charge in [0.2, 0.25) is 5.01 Å². The first-order valence-electron chi connectivity index (χ1n) is 7.08. The van der Waals surface area contributed by atoms with Crippen LogP contribution in [0, 0.1) is 12.7 Å². The van der Waals surface area contributed by atoms with E-state index in [9.17, 15) is 9.18 Å². The summed E-state index contributed by atoms with van der Waals surface area (Å²) in [6, 6.07) is 8.18. The molecular formula is C17H14FNO2S2. The van der Waals surface area contributed by atoms with E-state index < -0.39 is 5.97 Å². The van der Waals surface area contributed by atoms with Gasteiger partial charge in [0.15, 0.2) is 0 Å². The van der Waals surface area contributed by atoms with Crippen molar-refractivity contribution in [3.8, 4) is 21.0 Å². The van der Waals surface area contributed by atoms with Gasteiger partial charge in [0.25, 0.3) is 0 Å². The minimum atomic E-state index is -0.430. The van der Waals surface area contributed by atoms with Crippen molar-refractivity contribution < 1.29 is 13.9 Å². The number of esters is 1. The smallest absolute Gasteiger partial charge is 0.367 e. The summed E-state index contributed by atoms with van der Waals surface area (Å²) in [6.45, 7) is 4.08. The van der Waals surface area contributed by atoms with Crippen molar-refractivity contribution in [2.75, 3.05) is 6.61 Å². The van der Waals surface area contributed by atoms with Gasteiger partial charge in [-0.05, 0) is 55.1 Å². The first-order valence-corrected chi connectivity index (χ1v) is 8.77. The fraction of sp³-hybridized carbons (Fsp3) is 0.176. The zero-order chi connectivity index (χ0) is 16.4. The number of thiophene rings is 1. The Kier molecular flexibility index (Phi) is 4.54. The predicted octanol–water partition coefficient (Wildman–Crippen LogP) is 5.16. The summed E-state index contributed by atoms with van der Waals surface area (Å²) in [7, 11) is 0. The quantitative estimate of drug-likeness (QED) is 0.612. The van der Waals surface area contributed by atoms with E-state index in [4.69, 9.17) is 4.74 Å². The third-order valence-electron chi connectivity index (χ3n) is 3.15. The summed E-state index contributed by atoms with van der Waals surface area (Å²) >= 11 is 2.90. The molecule has 0 aliphatic heterocycles. The maximum Gasteiger partial charge on any atom is 0.367 e. The maximum atomic E-state index is 13.2. The molecule has 0 fully saturated rings. The predicted molar refractivity (Wildman–Crippen MR) is 91.5 cm³/mol. The molecule has 0 unspecified atom stereocenters. The number of benzene rings is 1. The molecule has 0 spiro atoms. The molecule has 0 bridgehead atoms. The fourth-order valence-electron chi connectivity index (χ4n) is 2.12. The van der Waals surface area contributed by atoms with Crippen LogP contribution in [0.3, 0.4) is 0 Å². The number of carbonyl (C=O) groups excluding carboxylic acids is 1. The lowest BCUT2D eigenvalue weighted by molar-refractivity contribution is 0.0526. The van der Waals surface area contributed by atoms with E-state index in [1.54, 1.807) is 30.4 Å². The molecule has 1 aromatic carbocycles. The molecule has 23 heavy (non-hydrogen) atoms. The van der Waals surface area contributed by atoms with Gasteiger partial charge in [-0.2, -0.15) is 0 Å². The Hall–Kier alpha value is -2.05. The van der Waals surface area contributed by atoms with Crippen LogP contribution in [0.2, 0.25) is 0 Å². The minimum absolute atomic E-state index is 0.303. The number of nitrogens with zero attached hydrogens (tertiary/aromatic N) is 1. The lowest BCUT2D eigenvalue weighted by Gasteiger charge is -2.00. The number of halogens is 1. The number of aryl methyl sites for hydroxylation is 1. The van der Waals surface area contributed by atoms with Gasteiger partial charge in [-0.3, -0.25) is 0 Å². The highest BCUT2D eigenvalue weighted by atomic mass is 32.1. The van der Waals surface area contributed by atoms with Crippen molar-refractivity contribution in [2.24, 2.45) is 0 Å². The molecule has 0 atom stereocenters. The molecule has 3 rings (SSSR count). The Labute approximate surface area is 141 Å². The monoisotopic (exact) mass is 347 g/mol. The van der Waals surface area contributed by atoms with Crippen LogP contribution in [0.25, 0.3) is 21.0 Å². The highest BCUT2D eigenvalue weighted by molar-refractivity contribution is 7.22. The van der Waals surface area contributed by atoms with Crippen molar-refractivity contribution in [3.63, 3.8) is 0 Å². The molecule has 3 aromatic rings. The first kappa shape index (κ1) is 15.8. The molecule has 6 heteroatoms. The number of carbonyl (C=O) groups is 1. The molecule has 0 aliphatic carbocycles. The van der Waals surface area contributed by atoms with Crippen LogP contribution in [0.5, 0.6) is 0 Å². The number of ether oxygens (including phenoxy) is 1. The molecule has 2 aromatic heterocycles. The molecule has 0 saturated carbocycles. The van der Waals surface area contributed by atoms with Gasteiger partial charge in [-0.1, -0.05) is 0 Å². The SMILES string of the molecule is CCOC(=O)c1nc(-c2ccc(F)cc2)c(-c2cc(C)cs2)s1. The average molecular weight is 347 g/mol. The largest absolute Gasteiger partial charge is 0.461 e. The molecular weight excluding hydrogens is 333 g/mol. The van der Waals surface area contributed by atoms with Gasteiger partial charge in [0, 0.05) is 10.4 Å². The van der Waals surface area contributed by atoms with Gasteiger partial charge in [0.05, 0.1) is 17.2 Å². The molecule has 0 radical (unpaired) electrons. The molecule has 118 valence electrons. The topological polar surface area (TPSA) is 39.2 Å². The summed E-state index contributed by atoms with van der Waals surface area (Å²) in [5, 5.41) is 2.36. The minimum Gasteiger partial charge on any atom is -0.461 e. The maximum absolute atomic E-state index is 13.2. The Morgan fingerprint density at radius 1 is 1.30 bits per heavy atom. The standard InChI is InChI=1S/C17H14FNO2S2/c1-3-21-17(20)16-19-14(11-4-6-12(18)7-5-11)15(23-16)13-8-10(2)9-22-13/h4-9H,3H2,1-2H3. The molecule has 2 heterocycles. The summed E-state index contributed by atoms with van der Waals surface area (Å²) < 4.78 is 18.2. The van der Waals surface area contributed by atoms with E-state index in [0.29, 0.717) is 17.3 Å². The van der Waals surface area contributed by atoms with Crippen LogP contribution in [0.4, 0.5) is 4.39 Å². The van der Waals surface area contributed by atoms with Gasteiger partial charge in [-0.15, -0.1) is 22.7 Å². The number of thiazole rings is 1. The van der Waals surface area contributed by atoms with Crippen molar-refractivity contribution in [2.45, 2.75) is 13.8 Å². The van der Waals surface area contributed by atoms with E-state index in [-0.39, 0.29) is 5.82 Å². The zero-order valence-electron chi connectivity index (χ0n) is 12.6. The first-order chi connectivity index (χ1) is 11.1. The lowest BCUT2D eigenvalue weighted by atomic mass is 10.1. The summed E-state index contributed by atoms with van der Waals surface area (Å²) in [5.74, 6) is -0.733. The second-order valence-corrected chi connectivity index (χ2v) is 6.82. The third kappa shape index (κ3) is 3.33. The number of hydrogen-bond acceptors (Lipinski definition) is 5. The van der Waals surface area contributed by atoms with E-state index in [0.717, 1.165) is 20.9 Å². The Morgan fingerprint density at radius 3 is 2.65 bits per heavy atom. The number of hydrogen-bond donors (Lipinski definition) is 0. The van der Waals surface area contributed by atoms with Crippen LogP contribution < -0.4 is 0 Å². The normalized spacial score (nSPS) is 10.7. The van der Waals surface area contributed by atoms with Gasteiger partial charge in [0.1, 0.15) is 5.82 Å². The van der Waals surface area contributed by atoms with Crippen molar-refractivity contribution in [1.82, 2.24) is 4.98 Å². The van der Waals surface area contributed by atoms with E-state index in [1.807, 2.05) is 12.3 Å². The molecule has 0 saturated heterocycles. The zero-order valence-corrected chi connectivity index (χ0v) is 14.3. The summed E-state index contributed by atoms with van der Waals surface area (Å²) in [4.78, 5) is 18.4. The van der Waals surface area contributed by atoms with Crippen LogP contribution >= 0.6 is 22.7 Å². The van der Waals surface area contributed by atoms with Gasteiger partial charge >= 0.3 is 5.97 Å². The van der Waals surface area contributed by atoms with Crippen molar-refractivity contribution >= 4 is 28.6 Å². The number of rotatable bonds is 4. The molecule has 3 nitrogen and oxygen atoms in total. The highest BCUT2D eigenvalue weighted by Gasteiger charge is 2.20. The van der Waals surface area contributed by atoms with Gasteiger partial charge in [-0.25, -0.2) is 14.2 Å². The van der Waals surface area contributed by atoms with Gasteiger partial charge < -0.3 is 4.74 Å². The van der Waals surface area contributed by atoms with Crippen LogP contribution in [0.1, 0.15) is 22.3 Å². The summed E-state index contributed by atoms with van der Waals surface area (Å²) in [6.07, 6.45) is 0. The van der Waals surface area contributed by atoms with E-state index in [1.165, 1.54) is 23.5 Å². The fourth-order valence-corrected chi connectivity index (χ4v) is 4.12. The van der Waals surface area contributed by atoms with Crippen LogP contribution in [0.15, 0.2) is 35.7 Å². The Morgan fingerprint density at radius 2 is 2.04 bits per heavy atom. The second-order valence-electron chi connectivity index (χ2n) is 4.91. The average Bonchev–Trinajstić information content (AvgIpc) is 3.14. The third-order valence-corrected chi connectivity index (χ3v) is 5.41. The molecule has 0 aliphatic rings. The Bertz CT molecular complexity index is 837. The van der Waals surface area contributed by atoms with Crippen molar-refractivity contribution in [1.29, 1.82) is 0 Å². The van der Waals surface area contributed by atoms with Crippen LogP contribution in [-0.4, -0.2) is 17.6 Å². The van der Waals surface area contributed by atoms with Crippen LogP contribution in [-0.2, 0) is 4.74 Å². The highest BCUT2D eigenvalue weighted by Crippen LogP contribution is 2.40. The second kappa shape index (κ2) is 6.60. The van der Waals surface area contributed by atoms with Crippen molar-refractivity contribution in [3.05, 3.63) is 52.1 Å². The lowest BCUT2D eigenvalue weighted by Crippen LogP contribution is -2.03. The molecule has 0 N–H and O–H groups in total. The summed E-state index contributed by atoms with van der Waals surface area (Å²) in [5.41, 5.74) is 2.61. The number of aromatic nitrogens is 1. The van der Waals surface area contributed by atoms with E-state index in [2.05, 4.69) is 11.1 Å². The molecule has 0 amide bonds. The van der Waals surface area contributed by atoms with E-state index >= 15 is 0 Å².